The lowest BCUT2D eigenvalue weighted by molar-refractivity contribution is 0.0677. The average Bonchev–Trinajstić information content (AvgIpc) is 2.98. The lowest BCUT2D eigenvalue weighted by Crippen LogP contribution is -2.41. The average molecular weight is 344 g/mol. The van der Waals surface area contributed by atoms with Crippen LogP contribution in [0.15, 0.2) is 4.79 Å². The Bertz CT molecular complexity index is 885. The van der Waals surface area contributed by atoms with Gasteiger partial charge in [-0.2, -0.15) is 0 Å². The van der Waals surface area contributed by atoms with E-state index in [0.29, 0.717) is 18.7 Å². The van der Waals surface area contributed by atoms with Crippen LogP contribution in [0.3, 0.4) is 0 Å². The minimum atomic E-state index is -0.0535. The molecule has 2 aromatic heterocycles. The Morgan fingerprint density at radius 3 is 2.54 bits per heavy atom. The van der Waals surface area contributed by atoms with E-state index in [0.717, 1.165) is 39.7 Å². The van der Waals surface area contributed by atoms with E-state index in [9.17, 15) is 9.59 Å². The highest BCUT2D eigenvalue weighted by Crippen LogP contribution is 2.35. The monoisotopic (exact) mass is 344 g/mol. The van der Waals surface area contributed by atoms with Crippen molar-refractivity contribution in [1.29, 1.82) is 0 Å². The number of aromatic amines is 1. The second kappa shape index (κ2) is 5.51. The van der Waals surface area contributed by atoms with Crippen LogP contribution in [0.25, 0.3) is 0 Å². The topological polar surface area (TPSA) is 79.0 Å². The Labute approximate surface area is 144 Å². The van der Waals surface area contributed by atoms with Gasteiger partial charge in [-0.15, -0.1) is 11.3 Å². The van der Waals surface area contributed by atoms with Crippen molar-refractivity contribution in [3.63, 3.8) is 0 Å². The van der Waals surface area contributed by atoms with Crippen molar-refractivity contribution in [2.75, 3.05) is 0 Å². The fourth-order valence-corrected chi connectivity index (χ4v) is 4.91. The number of carbonyl (C=O) groups excluding carboxylic acids is 1. The van der Waals surface area contributed by atoms with Gasteiger partial charge >= 0.3 is 0 Å². The fourth-order valence-electron chi connectivity index (χ4n) is 4.05. The second-order valence-electron chi connectivity index (χ2n) is 6.73. The third kappa shape index (κ3) is 2.38. The van der Waals surface area contributed by atoms with Gasteiger partial charge in [-0.1, -0.05) is 0 Å². The highest BCUT2D eigenvalue weighted by atomic mass is 32.1. The lowest BCUT2D eigenvalue weighted by atomic mass is 9.98. The van der Waals surface area contributed by atoms with Crippen LogP contribution in [0.5, 0.6) is 0 Å². The van der Waals surface area contributed by atoms with E-state index in [1.54, 1.807) is 6.92 Å². The van der Waals surface area contributed by atoms with E-state index in [1.165, 1.54) is 11.3 Å². The number of carbonyl (C=O) groups is 1. The molecule has 0 aromatic carbocycles. The predicted molar refractivity (Wildman–Crippen MR) is 91.6 cm³/mol. The highest BCUT2D eigenvalue weighted by Gasteiger charge is 2.42. The zero-order valence-corrected chi connectivity index (χ0v) is 14.9. The Hall–Kier alpha value is -2.02. The number of hydrogen-bond donors (Lipinski definition) is 1. The number of amides is 1. The zero-order chi connectivity index (χ0) is 17.0. The van der Waals surface area contributed by atoms with Gasteiger partial charge in [0, 0.05) is 30.5 Å². The molecule has 4 rings (SSSR count). The molecule has 0 spiro atoms. The van der Waals surface area contributed by atoms with E-state index in [2.05, 4.69) is 15.0 Å². The molecule has 1 saturated heterocycles. The van der Waals surface area contributed by atoms with Gasteiger partial charge in [-0.05, 0) is 33.6 Å². The molecule has 2 atom stereocenters. The molecule has 1 N–H and O–H groups in total. The van der Waals surface area contributed by atoms with Crippen molar-refractivity contribution in [3.05, 3.63) is 43.0 Å². The fraction of sp³-hybridized carbons (Fsp3) is 0.529. The Morgan fingerprint density at radius 2 is 1.88 bits per heavy atom. The first-order chi connectivity index (χ1) is 11.4. The molecule has 6 nitrogen and oxygen atoms in total. The molecule has 0 radical (unpaired) electrons. The molecule has 0 saturated carbocycles. The number of nitrogens with zero attached hydrogens (tertiary/aromatic N) is 3. The van der Waals surface area contributed by atoms with Crippen molar-refractivity contribution in [2.24, 2.45) is 0 Å². The summed E-state index contributed by atoms with van der Waals surface area (Å²) in [6.07, 6.45) is 3.18. The molecule has 1 amide bonds. The van der Waals surface area contributed by atoms with Gasteiger partial charge in [0.1, 0.15) is 10.7 Å². The summed E-state index contributed by atoms with van der Waals surface area (Å²) in [5, 5.41) is 0.912. The molecule has 7 heteroatoms. The molecule has 24 heavy (non-hydrogen) atoms. The van der Waals surface area contributed by atoms with E-state index in [1.807, 2.05) is 18.7 Å². The van der Waals surface area contributed by atoms with E-state index in [4.69, 9.17) is 0 Å². The van der Waals surface area contributed by atoms with Crippen LogP contribution in [0.4, 0.5) is 0 Å². The number of aryl methyl sites for hydroxylation is 3. The Balaban J connectivity index is 1.73. The number of hydrogen-bond acceptors (Lipinski definition) is 5. The Morgan fingerprint density at radius 1 is 1.17 bits per heavy atom. The summed E-state index contributed by atoms with van der Waals surface area (Å²) in [4.78, 5) is 39.9. The molecule has 2 bridgehead atoms. The van der Waals surface area contributed by atoms with Crippen LogP contribution < -0.4 is 5.56 Å². The predicted octanol–water partition coefficient (Wildman–Crippen LogP) is 1.92. The molecule has 1 fully saturated rings. The van der Waals surface area contributed by atoms with Crippen LogP contribution in [0, 0.1) is 20.8 Å². The van der Waals surface area contributed by atoms with E-state index in [-0.39, 0.29) is 23.6 Å². The van der Waals surface area contributed by atoms with Gasteiger partial charge in [0.15, 0.2) is 0 Å². The smallest absolute Gasteiger partial charge is 0.266 e. The van der Waals surface area contributed by atoms with Gasteiger partial charge in [0.2, 0.25) is 0 Å². The summed E-state index contributed by atoms with van der Waals surface area (Å²) in [7, 11) is 0. The molecule has 4 heterocycles. The summed E-state index contributed by atoms with van der Waals surface area (Å²) in [6.45, 7) is 5.62. The minimum absolute atomic E-state index is 0.0535. The second-order valence-corrected chi connectivity index (χ2v) is 7.93. The van der Waals surface area contributed by atoms with Crippen molar-refractivity contribution < 1.29 is 4.79 Å². The number of fused-ring (bicyclic) bond motifs is 3. The zero-order valence-electron chi connectivity index (χ0n) is 14.0. The molecule has 126 valence electrons. The van der Waals surface area contributed by atoms with Crippen molar-refractivity contribution in [2.45, 2.75) is 58.5 Å². The quantitative estimate of drug-likeness (QED) is 0.857. The molecular weight excluding hydrogens is 324 g/mol. The van der Waals surface area contributed by atoms with Crippen LogP contribution >= 0.6 is 11.3 Å². The highest BCUT2D eigenvalue weighted by molar-refractivity contribution is 7.13. The van der Waals surface area contributed by atoms with Crippen LogP contribution in [0.1, 0.15) is 50.3 Å². The van der Waals surface area contributed by atoms with Crippen LogP contribution in [-0.2, 0) is 12.8 Å². The summed E-state index contributed by atoms with van der Waals surface area (Å²) in [6, 6.07) is 0.204. The molecule has 2 aliphatic rings. The molecule has 0 aliphatic carbocycles. The maximum Gasteiger partial charge on any atom is 0.266 e. The van der Waals surface area contributed by atoms with Crippen molar-refractivity contribution in [1.82, 2.24) is 19.9 Å². The first-order valence-corrected chi connectivity index (χ1v) is 9.11. The third-order valence-corrected chi connectivity index (χ3v) is 6.10. The van der Waals surface area contributed by atoms with Crippen molar-refractivity contribution in [3.8, 4) is 0 Å². The summed E-state index contributed by atoms with van der Waals surface area (Å²) < 4.78 is 0. The van der Waals surface area contributed by atoms with Gasteiger partial charge in [0.05, 0.1) is 16.4 Å². The van der Waals surface area contributed by atoms with Gasteiger partial charge in [-0.3, -0.25) is 9.59 Å². The van der Waals surface area contributed by atoms with E-state index < -0.39 is 0 Å². The third-order valence-electron chi connectivity index (χ3n) is 5.04. The maximum atomic E-state index is 13.1. The van der Waals surface area contributed by atoms with E-state index >= 15 is 0 Å². The minimum Gasteiger partial charge on any atom is -0.331 e. The largest absolute Gasteiger partial charge is 0.331 e. The summed E-state index contributed by atoms with van der Waals surface area (Å²) in [5.41, 5.74) is 2.36. The molecule has 2 aromatic rings. The first kappa shape index (κ1) is 15.5. The normalized spacial score (nSPS) is 22.4. The SMILES string of the molecule is Cc1nc2c(c(=O)[nH]1)CC1CCC(C2)N1C(=O)c1sc(C)nc1C. The van der Waals surface area contributed by atoms with Gasteiger partial charge < -0.3 is 9.88 Å². The number of thiazole rings is 1. The van der Waals surface area contributed by atoms with Crippen LogP contribution in [0.2, 0.25) is 0 Å². The molecular formula is C17H20N4O2S. The van der Waals surface area contributed by atoms with Crippen LogP contribution in [-0.4, -0.2) is 37.8 Å². The summed E-state index contributed by atoms with van der Waals surface area (Å²) >= 11 is 1.46. The molecule has 2 aliphatic heterocycles. The maximum absolute atomic E-state index is 13.1. The number of rotatable bonds is 1. The summed E-state index contributed by atoms with van der Waals surface area (Å²) in [5.74, 6) is 0.704. The Kier molecular flexibility index (Phi) is 3.56. The number of aromatic nitrogens is 3. The lowest BCUT2D eigenvalue weighted by Gasteiger charge is -2.27. The van der Waals surface area contributed by atoms with Crippen molar-refractivity contribution >= 4 is 17.2 Å². The first-order valence-electron chi connectivity index (χ1n) is 8.29. The molecule has 2 unspecified atom stereocenters. The standard InChI is InChI=1S/C17H20N4O2S/c1-8-15(24-10(3)18-8)17(23)21-11-4-5-12(21)7-14-13(6-11)16(22)20-9(2)19-14/h11-12H,4-7H2,1-3H3,(H,19,20,22). The van der Waals surface area contributed by atoms with Gasteiger partial charge in [0.25, 0.3) is 11.5 Å². The number of H-pyrrole nitrogens is 1. The van der Waals surface area contributed by atoms with Gasteiger partial charge in [-0.25, -0.2) is 9.97 Å². The number of nitrogens with one attached hydrogen (secondary N) is 1.